The van der Waals surface area contributed by atoms with Gasteiger partial charge in [0.2, 0.25) is 5.91 Å². The molecule has 2 aromatic rings. The number of amides is 1. The van der Waals surface area contributed by atoms with E-state index in [1.807, 2.05) is 12.1 Å². The molecule has 0 aliphatic carbocycles. The van der Waals surface area contributed by atoms with Gasteiger partial charge >= 0.3 is 0 Å². The number of methoxy groups -OCH3 is 2. The molecule has 0 spiro atoms. The fraction of sp³-hybridized carbons (Fsp3) is 0.348. The highest BCUT2D eigenvalue weighted by atomic mass is 79.9. The van der Waals surface area contributed by atoms with Crippen molar-refractivity contribution >= 4 is 33.6 Å². The van der Waals surface area contributed by atoms with Gasteiger partial charge in [0, 0.05) is 11.8 Å². The van der Waals surface area contributed by atoms with Crippen molar-refractivity contribution in [3.05, 3.63) is 57.6 Å². The van der Waals surface area contributed by atoms with Gasteiger partial charge < -0.3 is 14.8 Å². The van der Waals surface area contributed by atoms with Crippen LogP contribution in [0.4, 0.5) is 5.69 Å². The van der Waals surface area contributed by atoms with E-state index in [9.17, 15) is 4.79 Å². The Kier molecular flexibility index (Phi) is 7.69. The number of benzene rings is 2. The first-order valence-corrected chi connectivity index (χ1v) is 10.1. The standard InChI is InChI=1S/C23H28BrNO3/c1-14(2)17-8-7-9-18(15(3)4)22(17)25-21(26)11-10-16-12-19(24)23(28-6)20(13-16)27-5/h7-15H,1-6H3,(H,25,26). The van der Waals surface area contributed by atoms with Crippen molar-refractivity contribution in [2.45, 2.75) is 39.5 Å². The largest absolute Gasteiger partial charge is 0.493 e. The number of hydrogen-bond acceptors (Lipinski definition) is 3. The Labute approximate surface area is 176 Å². The molecule has 4 nitrogen and oxygen atoms in total. The van der Waals surface area contributed by atoms with Crippen LogP contribution in [0.15, 0.2) is 40.9 Å². The molecule has 2 rings (SSSR count). The van der Waals surface area contributed by atoms with E-state index in [0.717, 1.165) is 26.9 Å². The molecule has 0 radical (unpaired) electrons. The summed E-state index contributed by atoms with van der Waals surface area (Å²) in [4.78, 5) is 12.6. The average molecular weight is 446 g/mol. The molecule has 0 aliphatic rings. The minimum absolute atomic E-state index is 0.166. The maximum absolute atomic E-state index is 12.6. The molecule has 150 valence electrons. The Morgan fingerprint density at radius 2 is 1.64 bits per heavy atom. The van der Waals surface area contributed by atoms with Crippen LogP contribution in [0.25, 0.3) is 6.08 Å². The van der Waals surface area contributed by atoms with Gasteiger partial charge in [-0.3, -0.25) is 4.79 Å². The van der Waals surface area contributed by atoms with Crippen molar-refractivity contribution in [2.24, 2.45) is 0 Å². The molecular weight excluding hydrogens is 418 g/mol. The summed E-state index contributed by atoms with van der Waals surface area (Å²) in [5.74, 6) is 1.70. The molecule has 1 amide bonds. The van der Waals surface area contributed by atoms with Crippen LogP contribution < -0.4 is 14.8 Å². The first-order valence-electron chi connectivity index (χ1n) is 9.31. The van der Waals surface area contributed by atoms with Gasteiger partial charge in [-0.25, -0.2) is 0 Å². The second-order valence-corrected chi connectivity index (χ2v) is 8.04. The molecule has 0 bridgehead atoms. The van der Waals surface area contributed by atoms with Gasteiger partial charge in [0.1, 0.15) is 0 Å². The summed E-state index contributed by atoms with van der Waals surface area (Å²) in [5, 5.41) is 3.08. The van der Waals surface area contributed by atoms with Gasteiger partial charge in [0.05, 0.1) is 18.7 Å². The summed E-state index contributed by atoms with van der Waals surface area (Å²) in [6.45, 7) is 8.52. The first kappa shape index (κ1) is 22.0. The molecule has 0 atom stereocenters. The number of carbonyl (C=O) groups is 1. The van der Waals surface area contributed by atoms with Crippen molar-refractivity contribution in [3.63, 3.8) is 0 Å². The van der Waals surface area contributed by atoms with E-state index in [1.165, 1.54) is 6.08 Å². The third-order valence-electron chi connectivity index (χ3n) is 4.50. The van der Waals surface area contributed by atoms with Crippen LogP contribution in [0, 0.1) is 0 Å². The Balaban J connectivity index is 2.29. The lowest BCUT2D eigenvalue weighted by molar-refractivity contribution is -0.111. The van der Waals surface area contributed by atoms with E-state index in [4.69, 9.17) is 9.47 Å². The first-order chi connectivity index (χ1) is 13.3. The molecule has 28 heavy (non-hydrogen) atoms. The van der Waals surface area contributed by atoms with Gasteiger partial charge in [0.15, 0.2) is 11.5 Å². The van der Waals surface area contributed by atoms with Crippen molar-refractivity contribution in [2.75, 3.05) is 19.5 Å². The van der Waals surface area contributed by atoms with Crippen molar-refractivity contribution in [3.8, 4) is 11.5 Å². The van der Waals surface area contributed by atoms with E-state index in [0.29, 0.717) is 23.3 Å². The van der Waals surface area contributed by atoms with Crippen LogP contribution in [0.2, 0.25) is 0 Å². The normalized spacial score (nSPS) is 11.3. The molecule has 0 saturated heterocycles. The van der Waals surface area contributed by atoms with E-state index in [-0.39, 0.29) is 5.91 Å². The van der Waals surface area contributed by atoms with Crippen LogP contribution in [0.5, 0.6) is 11.5 Å². The lowest BCUT2D eigenvalue weighted by atomic mass is 9.92. The summed E-state index contributed by atoms with van der Waals surface area (Å²) in [6, 6.07) is 9.90. The van der Waals surface area contributed by atoms with Gasteiger partial charge in [-0.2, -0.15) is 0 Å². The average Bonchev–Trinajstić information content (AvgIpc) is 2.65. The lowest BCUT2D eigenvalue weighted by Crippen LogP contribution is -2.13. The van der Waals surface area contributed by atoms with Crippen LogP contribution in [0.3, 0.4) is 0 Å². The molecular formula is C23H28BrNO3. The number of ether oxygens (including phenoxy) is 2. The fourth-order valence-electron chi connectivity index (χ4n) is 3.07. The minimum atomic E-state index is -0.166. The van der Waals surface area contributed by atoms with Gasteiger partial charge in [-0.1, -0.05) is 45.9 Å². The summed E-state index contributed by atoms with van der Waals surface area (Å²) in [6.07, 6.45) is 3.30. The molecule has 0 fully saturated rings. The number of hydrogen-bond donors (Lipinski definition) is 1. The van der Waals surface area contributed by atoms with Crippen LogP contribution in [-0.4, -0.2) is 20.1 Å². The van der Waals surface area contributed by atoms with E-state index in [1.54, 1.807) is 20.3 Å². The summed E-state index contributed by atoms with van der Waals surface area (Å²) in [5.41, 5.74) is 4.03. The number of rotatable bonds is 7. The highest BCUT2D eigenvalue weighted by Gasteiger charge is 2.15. The zero-order valence-electron chi connectivity index (χ0n) is 17.3. The highest BCUT2D eigenvalue weighted by molar-refractivity contribution is 9.10. The predicted molar refractivity (Wildman–Crippen MR) is 120 cm³/mol. The van der Waals surface area contributed by atoms with Crippen LogP contribution in [0.1, 0.15) is 56.2 Å². The minimum Gasteiger partial charge on any atom is -0.493 e. The number of halogens is 1. The number of nitrogens with one attached hydrogen (secondary N) is 1. The van der Waals surface area contributed by atoms with Gasteiger partial charge in [0.25, 0.3) is 0 Å². The zero-order chi connectivity index (χ0) is 20.8. The van der Waals surface area contributed by atoms with Gasteiger partial charge in [-0.15, -0.1) is 0 Å². The second-order valence-electron chi connectivity index (χ2n) is 7.18. The molecule has 0 aromatic heterocycles. The van der Waals surface area contributed by atoms with Crippen molar-refractivity contribution in [1.82, 2.24) is 0 Å². The maximum Gasteiger partial charge on any atom is 0.248 e. The zero-order valence-corrected chi connectivity index (χ0v) is 18.9. The Hall–Kier alpha value is -2.27. The predicted octanol–water partition coefficient (Wildman–Crippen LogP) is 6.37. The molecule has 0 aliphatic heterocycles. The van der Waals surface area contributed by atoms with Crippen LogP contribution in [-0.2, 0) is 4.79 Å². The topological polar surface area (TPSA) is 47.6 Å². The Bertz CT molecular complexity index is 846. The summed E-state index contributed by atoms with van der Waals surface area (Å²) in [7, 11) is 3.17. The highest BCUT2D eigenvalue weighted by Crippen LogP contribution is 2.37. The quantitative estimate of drug-likeness (QED) is 0.503. The summed E-state index contributed by atoms with van der Waals surface area (Å²) >= 11 is 3.47. The number of carbonyl (C=O) groups excluding carboxylic acids is 1. The van der Waals surface area contributed by atoms with E-state index < -0.39 is 0 Å². The molecule has 0 saturated carbocycles. The molecule has 2 aromatic carbocycles. The summed E-state index contributed by atoms with van der Waals surface area (Å²) < 4.78 is 11.4. The van der Waals surface area contributed by atoms with Gasteiger partial charge in [-0.05, 0) is 62.7 Å². The molecule has 5 heteroatoms. The SMILES string of the molecule is COc1cc(C=CC(=O)Nc2c(C(C)C)cccc2C(C)C)cc(Br)c1OC. The van der Waals surface area contributed by atoms with Crippen LogP contribution >= 0.6 is 15.9 Å². The Morgan fingerprint density at radius 1 is 1.04 bits per heavy atom. The maximum atomic E-state index is 12.6. The second kappa shape index (κ2) is 9.78. The molecule has 0 unspecified atom stereocenters. The van der Waals surface area contributed by atoms with Crippen molar-refractivity contribution < 1.29 is 14.3 Å². The number of para-hydroxylation sites is 1. The fourth-order valence-corrected chi connectivity index (χ4v) is 3.69. The third kappa shape index (κ3) is 5.16. The lowest BCUT2D eigenvalue weighted by Gasteiger charge is -2.19. The Morgan fingerprint density at radius 3 is 2.14 bits per heavy atom. The number of anilines is 1. The molecule has 1 N–H and O–H groups in total. The smallest absolute Gasteiger partial charge is 0.248 e. The third-order valence-corrected chi connectivity index (χ3v) is 5.09. The van der Waals surface area contributed by atoms with Crippen molar-refractivity contribution in [1.29, 1.82) is 0 Å². The van der Waals surface area contributed by atoms with E-state index in [2.05, 4.69) is 67.1 Å². The monoisotopic (exact) mass is 445 g/mol. The molecule has 0 heterocycles. The van der Waals surface area contributed by atoms with E-state index >= 15 is 0 Å².